The third-order valence-corrected chi connectivity index (χ3v) is 6.90. The number of nitrogens with zero attached hydrogens (tertiary/aromatic N) is 4. The van der Waals surface area contributed by atoms with Gasteiger partial charge in [-0.1, -0.05) is 24.6 Å². The molecular weight excluding hydrogens is 428 g/mol. The zero-order valence-electron chi connectivity index (χ0n) is 19.9. The van der Waals surface area contributed by atoms with Crippen LogP contribution in [0.1, 0.15) is 36.0 Å². The Morgan fingerprint density at radius 1 is 1.09 bits per heavy atom. The average molecular weight is 463 g/mol. The molecule has 2 aliphatic heterocycles. The van der Waals surface area contributed by atoms with Gasteiger partial charge in [0.15, 0.2) is 0 Å². The summed E-state index contributed by atoms with van der Waals surface area (Å²) in [4.78, 5) is 4.84. The fraction of sp³-hybridized carbons (Fsp3) is 0.444. The third kappa shape index (κ3) is 5.12. The van der Waals surface area contributed by atoms with Crippen molar-refractivity contribution in [2.45, 2.75) is 44.9 Å². The third-order valence-electron chi connectivity index (χ3n) is 6.90. The number of ether oxygens (including phenoxy) is 2. The molecule has 5 rings (SSSR count). The lowest BCUT2D eigenvalue weighted by atomic mass is 10.0. The first kappa shape index (κ1) is 22.9. The van der Waals surface area contributed by atoms with Crippen molar-refractivity contribution < 1.29 is 14.6 Å². The van der Waals surface area contributed by atoms with Crippen molar-refractivity contribution in [3.8, 4) is 17.2 Å². The number of rotatable bonds is 7. The second kappa shape index (κ2) is 10.6. The van der Waals surface area contributed by atoms with E-state index in [9.17, 15) is 5.11 Å². The Hall–Kier alpha value is -2.87. The van der Waals surface area contributed by atoms with Crippen molar-refractivity contribution in [2.75, 3.05) is 33.4 Å². The first-order valence-corrected chi connectivity index (χ1v) is 12.2. The molecule has 2 aliphatic rings. The van der Waals surface area contributed by atoms with Crippen LogP contribution in [-0.4, -0.2) is 64.1 Å². The highest BCUT2D eigenvalue weighted by atomic mass is 16.5. The number of para-hydroxylation sites is 2. The van der Waals surface area contributed by atoms with Gasteiger partial charge in [-0.15, -0.1) is 0 Å². The molecule has 1 N–H and O–H groups in total. The molecule has 7 heteroatoms. The summed E-state index contributed by atoms with van der Waals surface area (Å²) in [6.07, 6.45) is 7.51. The van der Waals surface area contributed by atoms with Crippen LogP contribution in [-0.2, 0) is 19.6 Å². The van der Waals surface area contributed by atoms with Gasteiger partial charge in [-0.05, 0) is 49.2 Å². The number of aliphatic hydroxyl groups excluding tert-OH is 1. The van der Waals surface area contributed by atoms with Crippen LogP contribution in [0.5, 0.6) is 11.5 Å². The molecule has 1 atom stereocenters. The molecule has 3 heterocycles. The van der Waals surface area contributed by atoms with Gasteiger partial charge in [0.25, 0.3) is 0 Å². The number of methoxy groups -OCH3 is 1. The molecule has 0 spiro atoms. The molecule has 2 aromatic carbocycles. The lowest BCUT2D eigenvalue weighted by Crippen LogP contribution is -2.41. The van der Waals surface area contributed by atoms with Crippen molar-refractivity contribution >= 4 is 0 Å². The van der Waals surface area contributed by atoms with E-state index in [1.54, 1.807) is 7.11 Å². The maximum atomic E-state index is 9.77. The number of likely N-dealkylation sites (tertiary alicyclic amines) is 1. The second-order valence-electron chi connectivity index (χ2n) is 9.27. The Morgan fingerprint density at radius 3 is 2.88 bits per heavy atom. The molecule has 0 radical (unpaired) electrons. The minimum absolute atomic E-state index is 0.240. The maximum Gasteiger partial charge on any atom is 0.144 e. The van der Waals surface area contributed by atoms with Crippen LogP contribution in [0.4, 0.5) is 0 Å². The molecule has 0 saturated carbocycles. The highest BCUT2D eigenvalue weighted by Gasteiger charge is 2.23. The lowest BCUT2D eigenvalue weighted by molar-refractivity contribution is 0.0841. The normalized spacial score (nSPS) is 19.3. The van der Waals surface area contributed by atoms with Crippen LogP contribution in [0, 0.1) is 0 Å². The minimum Gasteiger partial charge on any atom is -0.494 e. The number of fused-ring (bicyclic) bond motifs is 1. The van der Waals surface area contributed by atoms with E-state index in [2.05, 4.69) is 39.3 Å². The van der Waals surface area contributed by atoms with Gasteiger partial charge in [-0.2, -0.15) is 5.10 Å². The zero-order valence-corrected chi connectivity index (χ0v) is 19.9. The Balaban J connectivity index is 1.28. The molecule has 3 aromatic rings. The van der Waals surface area contributed by atoms with Gasteiger partial charge in [-0.3, -0.25) is 9.80 Å². The van der Waals surface area contributed by atoms with Crippen molar-refractivity contribution in [1.29, 1.82) is 0 Å². The number of benzene rings is 2. The minimum atomic E-state index is 0.240. The van der Waals surface area contributed by atoms with Gasteiger partial charge in [0.2, 0.25) is 0 Å². The van der Waals surface area contributed by atoms with E-state index in [4.69, 9.17) is 9.47 Å². The smallest absolute Gasteiger partial charge is 0.144 e. The van der Waals surface area contributed by atoms with E-state index in [0.29, 0.717) is 6.61 Å². The Kier molecular flexibility index (Phi) is 7.13. The molecule has 0 bridgehead atoms. The van der Waals surface area contributed by atoms with E-state index >= 15 is 0 Å². The van der Waals surface area contributed by atoms with E-state index < -0.39 is 0 Å². The zero-order chi connectivity index (χ0) is 23.3. The van der Waals surface area contributed by atoms with Crippen LogP contribution >= 0.6 is 0 Å². The van der Waals surface area contributed by atoms with Gasteiger partial charge >= 0.3 is 0 Å². The summed E-state index contributed by atoms with van der Waals surface area (Å²) in [5.74, 6) is 1.78. The highest BCUT2D eigenvalue weighted by molar-refractivity contribution is 5.46. The summed E-state index contributed by atoms with van der Waals surface area (Å²) in [6.45, 7) is 5.36. The monoisotopic (exact) mass is 462 g/mol. The lowest BCUT2D eigenvalue weighted by Gasteiger charge is -2.34. The number of hydrogen-bond acceptors (Lipinski definition) is 6. The van der Waals surface area contributed by atoms with E-state index in [1.807, 2.05) is 35.1 Å². The average Bonchev–Trinajstić information content (AvgIpc) is 3.24. The Bertz CT molecular complexity index is 1100. The number of aromatic nitrogens is 2. The molecule has 1 aromatic heterocycles. The van der Waals surface area contributed by atoms with Crippen LogP contribution in [0.3, 0.4) is 0 Å². The van der Waals surface area contributed by atoms with Gasteiger partial charge < -0.3 is 14.6 Å². The molecule has 180 valence electrons. The fourth-order valence-corrected chi connectivity index (χ4v) is 5.10. The van der Waals surface area contributed by atoms with Crippen LogP contribution in [0.25, 0.3) is 5.69 Å². The number of hydrogen-bond donors (Lipinski definition) is 1. The molecule has 1 unspecified atom stereocenters. The predicted octanol–water partition coefficient (Wildman–Crippen LogP) is 3.62. The van der Waals surface area contributed by atoms with Crippen molar-refractivity contribution in [1.82, 2.24) is 19.6 Å². The van der Waals surface area contributed by atoms with Crippen LogP contribution in [0.2, 0.25) is 0 Å². The molecule has 7 nitrogen and oxygen atoms in total. The van der Waals surface area contributed by atoms with Crippen molar-refractivity contribution in [2.24, 2.45) is 0 Å². The summed E-state index contributed by atoms with van der Waals surface area (Å²) < 4.78 is 13.4. The van der Waals surface area contributed by atoms with Crippen molar-refractivity contribution in [3.63, 3.8) is 0 Å². The summed E-state index contributed by atoms with van der Waals surface area (Å²) in [5.41, 5.74) is 4.60. The summed E-state index contributed by atoms with van der Waals surface area (Å²) >= 11 is 0. The van der Waals surface area contributed by atoms with Crippen LogP contribution in [0.15, 0.2) is 54.9 Å². The summed E-state index contributed by atoms with van der Waals surface area (Å²) in [5, 5.41) is 14.3. The SMILES string of the molecule is COc1ccccc1-n1cc(CN2CCOc3ccc(CN4CCCCC4CO)cc3C2)cn1. The van der Waals surface area contributed by atoms with Gasteiger partial charge in [0.05, 0.1) is 19.9 Å². The summed E-state index contributed by atoms with van der Waals surface area (Å²) in [7, 11) is 1.68. The standard InChI is InChI=1S/C27H34N4O3/c1-33-27-8-3-2-7-25(27)31-18-22(15-28-31)16-29-12-13-34-26-10-9-21(14-23(26)19-29)17-30-11-5-4-6-24(30)20-32/h2-3,7-10,14-15,18,24,32H,4-6,11-13,16-17,19-20H2,1H3. The van der Waals surface area contributed by atoms with E-state index in [0.717, 1.165) is 61.9 Å². The first-order chi connectivity index (χ1) is 16.7. The topological polar surface area (TPSA) is 63.0 Å². The van der Waals surface area contributed by atoms with Crippen LogP contribution < -0.4 is 9.47 Å². The molecule has 34 heavy (non-hydrogen) atoms. The number of piperidine rings is 1. The van der Waals surface area contributed by atoms with Crippen molar-refractivity contribution in [3.05, 3.63) is 71.5 Å². The Morgan fingerprint density at radius 2 is 2.00 bits per heavy atom. The molecular formula is C27H34N4O3. The predicted molar refractivity (Wildman–Crippen MR) is 131 cm³/mol. The van der Waals surface area contributed by atoms with E-state index in [1.165, 1.54) is 24.0 Å². The van der Waals surface area contributed by atoms with E-state index in [-0.39, 0.29) is 12.6 Å². The summed E-state index contributed by atoms with van der Waals surface area (Å²) in [6, 6.07) is 14.8. The maximum absolute atomic E-state index is 9.77. The fourth-order valence-electron chi connectivity index (χ4n) is 5.10. The molecule has 1 fully saturated rings. The molecule has 0 aliphatic carbocycles. The van der Waals surface area contributed by atoms with Gasteiger partial charge in [-0.25, -0.2) is 4.68 Å². The van der Waals surface area contributed by atoms with Gasteiger partial charge in [0.1, 0.15) is 23.8 Å². The number of aliphatic hydroxyl groups is 1. The molecule has 0 amide bonds. The quantitative estimate of drug-likeness (QED) is 0.579. The molecule has 1 saturated heterocycles. The Labute approximate surface area is 201 Å². The first-order valence-electron chi connectivity index (χ1n) is 12.2. The largest absolute Gasteiger partial charge is 0.494 e. The highest BCUT2D eigenvalue weighted by Crippen LogP contribution is 2.28. The second-order valence-corrected chi connectivity index (χ2v) is 9.27. The van der Waals surface area contributed by atoms with Gasteiger partial charge in [0, 0.05) is 49.5 Å².